The van der Waals surface area contributed by atoms with Gasteiger partial charge in [-0.3, -0.25) is 4.79 Å². The highest BCUT2D eigenvalue weighted by atomic mass is 32.2. The summed E-state index contributed by atoms with van der Waals surface area (Å²) in [6, 6.07) is 11.5. The fourth-order valence-corrected chi connectivity index (χ4v) is 3.51. The molecule has 0 aliphatic rings. The zero-order valence-corrected chi connectivity index (χ0v) is 16.5. The summed E-state index contributed by atoms with van der Waals surface area (Å²) in [5.41, 5.74) is 2.00. The first-order chi connectivity index (χ1) is 12.3. The van der Waals surface area contributed by atoms with Crippen molar-refractivity contribution in [3.63, 3.8) is 0 Å². The minimum Gasteiger partial charge on any atom is -0.461 e. The van der Waals surface area contributed by atoms with E-state index in [9.17, 15) is 4.79 Å². The van der Waals surface area contributed by atoms with Gasteiger partial charge in [-0.2, -0.15) is 0 Å². The smallest absolute Gasteiger partial charge is 0.200 e. The number of ketones is 1. The van der Waals surface area contributed by atoms with E-state index >= 15 is 0 Å². The number of furan rings is 1. The van der Waals surface area contributed by atoms with E-state index in [0.29, 0.717) is 22.3 Å². The average Bonchev–Trinajstić information content (AvgIpc) is 3.24. The van der Waals surface area contributed by atoms with Crippen molar-refractivity contribution in [2.24, 2.45) is 7.05 Å². The normalized spacial score (nSPS) is 13.0. The molecule has 0 radical (unpaired) electrons. The third-order valence-electron chi connectivity index (χ3n) is 4.26. The fraction of sp³-hybridized carbons (Fsp3) is 0.350. The Morgan fingerprint density at radius 1 is 1.15 bits per heavy atom. The van der Waals surface area contributed by atoms with E-state index in [1.165, 1.54) is 17.3 Å². The van der Waals surface area contributed by atoms with Gasteiger partial charge in [-0.25, -0.2) is 0 Å². The molecule has 6 heteroatoms. The summed E-state index contributed by atoms with van der Waals surface area (Å²) in [4.78, 5) is 12.8. The Balaban J connectivity index is 1.74. The maximum atomic E-state index is 12.8. The largest absolute Gasteiger partial charge is 0.461 e. The zero-order chi connectivity index (χ0) is 18.9. The van der Waals surface area contributed by atoms with Crippen molar-refractivity contribution in [1.82, 2.24) is 14.8 Å². The van der Waals surface area contributed by atoms with Gasteiger partial charge in [-0.15, -0.1) is 10.2 Å². The molecule has 0 saturated heterocycles. The van der Waals surface area contributed by atoms with Crippen molar-refractivity contribution < 1.29 is 9.21 Å². The number of carbonyl (C=O) groups excluding carboxylic acids is 1. The zero-order valence-electron chi connectivity index (χ0n) is 15.7. The van der Waals surface area contributed by atoms with Gasteiger partial charge in [0.2, 0.25) is 0 Å². The lowest BCUT2D eigenvalue weighted by Gasteiger charge is -2.19. The van der Waals surface area contributed by atoms with Gasteiger partial charge in [-0.05, 0) is 30.0 Å². The first kappa shape index (κ1) is 18.5. The third kappa shape index (κ3) is 3.75. The van der Waals surface area contributed by atoms with Crippen molar-refractivity contribution >= 4 is 17.5 Å². The summed E-state index contributed by atoms with van der Waals surface area (Å²) in [5.74, 6) is 1.38. The molecule has 3 aromatic rings. The molecule has 0 amide bonds. The van der Waals surface area contributed by atoms with E-state index < -0.39 is 0 Å². The van der Waals surface area contributed by atoms with Crippen LogP contribution in [-0.4, -0.2) is 25.8 Å². The SMILES string of the molecule is C[C@@H](Sc1nnc(-c2ccco2)n1C)C(=O)c1ccc(C(C)(C)C)cc1. The maximum absolute atomic E-state index is 12.8. The standard InChI is InChI=1S/C20H23N3O2S/c1-13(17(24)14-8-10-15(11-9-14)20(2,3)4)26-19-22-21-18(23(19)5)16-7-6-12-25-16/h6-13H,1-5H3/t13-/m1/s1. The first-order valence-corrected chi connectivity index (χ1v) is 9.40. The second kappa shape index (κ2) is 7.11. The Morgan fingerprint density at radius 3 is 2.42 bits per heavy atom. The molecule has 5 nitrogen and oxygen atoms in total. The summed E-state index contributed by atoms with van der Waals surface area (Å²) in [7, 11) is 1.87. The second-order valence-corrected chi connectivity index (χ2v) is 8.60. The van der Waals surface area contributed by atoms with E-state index in [1.54, 1.807) is 6.26 Å². The van der Waals surface area contributed by atoms with Crippen LogP contribution in [0.2, 0.25) is 0 Å². The van der Waals surface area contributed by atoms with Crippen molar-refractivity contribution in [3.8, 4) is 11.6 Å². The van der Waals surface area contributed by atoms with Gasteiger partial charge in [0.05, 0.1) is 11.5 Å². The maximum Gasteiger partial charge on any atom is 0.200 e. The molecule has 0 saturated carbocycles. The predicted molar refractivity (Wildman–Crippen MR) is 103 cm³/mol. The lowest BCUT2D eigenvalue weighted by molar-refractivity contribution is 0.0994. The number of benzene rings is 1. The number of nitrogens with zero attached hydrogens (tertiary/aromatic N) is 3. The molecule has 0 N–H and O–H groups in total. The van der Waals surface area contributed by atoms with Gasteiger partial charge < -0.3 is 8.98 Å². The van der Waals surface area contributed by atoms with Gasteiger partial charge in [-0.1, -0.05) is 56.8 Å². The van der Waals surface area contributed by atoms with Gasteiger partial charge in [0.15, 0.2) is 22.5 Å². The minimum absolute atomic E-state index is 0.0722. The molecule has 136 valence electrons. The van der Waals surface area contributed by atoms with Crippen LogP contribution < -0.4 is 0 Å². The Bertz CT molecular complexity index is 890. The van der Waals surface area contributed by atoms with E-state index in [2.05, 4.69) is 31.0 Å². The Labute approximate surface area is 157 Å². The van der Waals surface area contributed by atoms with E-state index in [-0.39, 0.29) is 16.4 Å². The predicted octanol–water partition coefficient (Wildman–Crippen LogP) is 4.74. The van der Waals surface area contributed by atoms with Crippen LogP contribution in [0.3, 0.4) is 0 Å². The Hall–Kier alpha value is -2.34. The van der Waals surface area contributed by atoms with Crippen LogP contribution in [0.1, 0.15) is 43.6 Å². The molecule has 0 aliphatic carbocycles. The topological polar surface area (TPSA) is 60.9 Å². The number of thioether (sulfide) groups is 1. The Kier molecular flexibility index (Phi) is 5.05. The van der Waals surface area contributed by atoms with E-state index in [1.807, 2.05) is 54.9 Å². The van der Waals surface area contributed by atoms with E-state index in [0.717, 1.165) is 0 Å². The minimum atomic E-state index is -0.261. The van der Waals surface area contributed by atoms with Crippen LogP contribution in [-0.2, 0) is 12.5 Å². The molecule has 0 spiro atoms. The molecule has 1 atom stereocenters. The van der Waals surface area contributed by atoms with Gasteiger partial charge in [0.1, 0.15) is 0 Å². The summed E-state index contributed by atoms with van der Waals surface area (Å²) in [5, 5.41) is 8.79. The first-order valence-electron chi connectivity index (χ1n) is 8.52. The van der Waals surface area contributed by atoms with Crippen LogP contribution in [0.25, 0.3) is 11.6 Å². The molecule has 0 fully saturated rings. The highest BCUT2D eigenvalue weighted by Gasteiger charge is 2.22. The lowest BCUT2D eigenvalue weighted by Crippen LogP contribution is -2.16. The number of aromatic nitrogens is 3. The summed E-state index contributed by atoms with van der Waals surface area (Å²) in [6.45, 7) is 8.37. The summed E-state index contributed by atoms with van der Waals surface area (Å²) < 4.78 is 7.22. The molecule has 0 unspecified atom stereocenters. The molecular weight excluding hydrogens is 346 g/mol. The summed E-state index contributed by atoms with van der Waals surface area (Å²) in [6.07, 6.45) is 1.60. The lowest BCUT2D eigenvalue weighted by atomic mass is 9.86. The quantitative estimate of drug-likeness (QED) is 0.480. The van der Waals surface area contributed by atoms with E-state index in [4.69, 9.17) is 4.42 Å². The molecule has 3 rings (SSSR count). The van der Waals surface area contributed by atoms with Gasteiger partial charge in [0.25, 0.3) is 0 Å². The molecule has 2 aromatic heterocycles. The molecule has 26 heavy (non-hydrogen) atoms. The van der Waals surface area contributed by atoms with Crippen molar-refractivity contribution in [1.29, 1.82) is 0 Å². The number of hydrogen-bond acceptors (Lipinski definition) is 5. The third-order valence-corrected chi connectivity index (χ3v) is 5.40. The average molecular weight is 369 g/mol. The van der Waals surface area contributed by atoms with Crippen molar-refractivity contribution in [2.45, 2.75) is 43.5 Å². The summed E-state index contributed by atoms with van der Waals surface area (Å²) >= 11 is 1.40. The number of carbonyl (C=O) groups is 1. The number of rotatable bonds is 5. The second-order valence-electron chi connectivity index (χ2n) is 7.29. The highest BCUT2D eigenvalue weighted by Crippen LogP contribution is 2.28. The molecule has 0 aliphatic heterocycles. The van der Waals surface area contributed by atoms with Crippen LogP contribution in [0.5, 0.6) is 0 Å². The van der Waals surface area contributed by atoms with Gasteiger partial charge >= 0.3 is 0 Å². The Morgan fingerprint density at radius 2 is 1.85 bits per heavy atom. The number of Topliss-reactive ketones (excluding diaryl/α,β-unsaturated/α-hetero) is 1. The van der Waals surface area contributed by atoms with Crippen LogP contribution in [0, 0.1) is 0 Å². The molecule has 2 heterocycles. The highest BCUT2D eigenvalue weighted by molar-refractivity contribution is 8.00. The molecule has 0 bridgehead atoms. The van der Waals surface area contributed by atoms with Crippen LogP contribution >= 0.6 is 11.8 Å². The van der Waals surface area contributed by atoms with Crippen LogP contribution in [0.15, 0.2) is 52.2 Å². The van der Waals surface area contributed by atoms with Crippen LogP contribution in [0.4, 0.5) is 0 Å². The molecule has 1 aromatic carbocycles. The van der Waals surface area contributed by atoms with Gasteiger partial charge in [0, 0.05) is 12.6 Å². The molecular formula is C20H23N3O2S. The van der Waals surface area contributed by atoms with Crippen molar-refractivity contribution in [2.75, 3.05) is 0 Å². The number of hydrogen-bond donors (Lipinski definition) is 0. The fourth-order valence-electron chi connectivity index (χ4n) is 2.62. The monoisotopic (exact) mass is 369 g/mol. The van der Waals surface area contributed by atoms with Crippen molar-refractivity contribution in [3.05, 3.63) is 53.8 Å².